The quantitative estimate of drug-likeness (QED) is 0.471. The molecule has 5 heteroatoms. The molecule has 0 aliphatic rings. The average Bonchev–Trinajstić information content (AvgIpc) is 1.63. The van der Waals surface area contributed by atoms with Gasteiger partial charge in [0.1, 0.15) is 0 Å². The molecule has 1 radical (unpaired) electrons. The average molecular weight is 529 g/mol. The molecule has 0 unspecified atom stereocenters. The van der Waals surface area contributed by atoms with Gasteiger partial charge in [0.2, 0.25) is 0 Å². The number of hydrogen-bond donors (Lipinski definition) is 0. The van der Waals surface area contributed by atoms with Crippen molar-refractivity contribution in [3.8, 4) is 0 Å². The minimum atomic E-state index is 0. The topological polar surface area (TPSA) is 0 Å². The summed E-state index contributed by atoms with van der Waals surface area (Å²) in [5, 5.41) is 0. The van der Waals surface area contributed by atoms with Gasteiger partial charge in [-0.2, -0.15) is 0 Å². The molecular formula is C6H10Br4Te+. The van der Waals surface area contributed by atoms with Gasteiger partial charge in [0.25, 0.3) is 0 Å². The van der Waals surface area contributed by atoms with Gasteiger partial charge in [-0.1, -0.05) is 0 Å². The van der Waals surface area contributed by atoms with E-state index in [1.807, 2.05) is 0 Å². The third-order valence-corrected chi connectivity index (χ3v) is 6.54. The second kappa shape index (κ2) is 12.2. The van der Waals surface area contributed by atoms with Crippen LogP contribution in [0.5, 0.6) is 0 Å². The molecule has 0 atom stereocenters. The summed E-state index contributed by atoms with van der Waals surface area (Å²) in [5.74, 6) is 0. The predicted molar refractivity (Wildman–Crippen MR) is 72.1 cm³/mol. The summed E-state index contributed by atoms with van der Waals surface area (Å²) in [6.45, 7) is 7.51. The number of rotatable bonds is 4. The molecule has 67 valence electrons. The number of allylic oxidation sites excluding steroid dienone is 2. The fourth-order valence-electron chi connectivity index (χ4n) is 0.273. The van der Waals surface area contributed by atoms with Crippen LogP contribution in [0.4, 0.5) is 0 Å². The minimum absolute atomic E-state index is 0. The zero-order chi connectivity index (χ0) is 7.28. The van der Waals surface area contributed by atoms with Crippen LogP contribution in [0.25, 0.3) is 0 Å². The zero-order valence-corrected chi connectivity index (χ0v) is 14.7. The summed E-state index contributed by atoms with van der Waals surface area (Å²) in [7, 11) is 0. The first-order chi connectivity index (χ1) is 4.13. The number of halogens is 4. The monoisotopic (exact) mass is 528 g/mol. The van der Waals surface area contributed by atoms with Crippen LogP contribution in [-0.4, -0.2) is 20.9 Å². The molecule has 11 heavy (non-hydrogen) atoms. The van der Waals surface area contributed by atoms with Crippen molar-refractivity contribution in [2.24, 2.45) is 0 Å². The Bertz CT molecular complexity index is 110. The Balaban J connectivity index is -0.000000320. The molecule has 0 spiro atoms. The van der Waals surface area contributed by atoms with Crippen molar-refractivity contribution < 1.29 is 0 Å². The Kier molecular flexibility index (Phi) is 20.9. The molecule has 0 aromatic rings. The molecule has 0 saturated carbocycles. The molecule has 0 aromatic heterocycles. The van der Waals surface area contributed by atoms with E-state index < -0.39 is 0 Å². The van der Waals surface area contributed by atoms with Gasteiger partial charge in [0.15, 0.2) is 0 Å². The molecule has 0 amide bonds. The van der Waals surface area contributed by atoms with Gasteiger partial charge >= 0.3 is 83.8 Å². The van der Waals surface area contributed by atoms with Crippen molar-refractivity contribution in [3.63, 3.8) is 0 Å². The fraction of sp³-hybridized carbons (Fsp3) is 0.333. The molecule has 0 heterocycles. The Labute approximate surface area is 116 Å². The molecular weight excluding hydrogens is 519 g/mol. The van der Waals surface area contributed by atoms with E-state index in [0.717, 1.165) is 17.9 Å². The fourth-order valence-corrected chi connectivity index (χ4v) is 4.00. The normalized spacial score (nSPS) is 7.45. The molecule has 0 bridgehead atoms. The zero-order valence-electron chi connectivity index (χ0n) is 5.81. The van der Waals surface area contributed by atoms with Crippen LogP contribution in [0.2, 0.25) is 8.94 Å². The van der Waals surface area contributed by atoms with Crippen molar-refractivity contribution >= 4 is 86.7 Å². The van der Waals surface area contributed by atoms with Crippen molar-refractivity contribution in [1.29, 1.82) is 0 Å². The van der Waals surface area contributed by atoms with Crippen molar-refractivity contribution in [3.05, 3.63) is 22.1 Å². The summed E-state index contributed by atoms with van der Waals surface area (Å²) in [4.78, 5) is 0. The van der Waals surface area contributed by atoms with Gasteiger partial charge in [-0.25, -0.2) is 0 Å². The third-order valence-electron chi connectivity index (χ3n) is 0.517. The third kappa shape index (κ3) is 18.9. The Morgan fingerprint density at radius 2 is 1.27 bits per heavy atom. The van der Waals surface area contributed by atoms with Gasteiger partial charge in [-0.05, 0) is 0 Å². The van der Waals surface area contributed by atoms with E-state index in [2.05, 4.69) is 45.0 Å². The SMILES string of the molecule is Br.Br.C=C(Br)C[Te+]CC(=C)Br. The van der Waals surface area contributed by atoms with E-state index in [4.69, 9.17) is 0 Å². The van der Waals surface area contributed by atoms with Crippen molar-refractivity contribution in [1.82, 2.24) is 0 Å². The second-order valence-electron chi connectivity index (χ2n) is 1.53. The summed E-state index contributed by atoms with van der Waals surface area (Å²) in [6, 6.07) is 0. The van der Waals surface area contributed by atoms with E-state index in [-0.39, 0.29) is 54.9 Å². The van der Waals surface area contributed by atoms with Crippen molar-refractivity contribution in [2.45, 2.75) is 8.94 Å². The van der Waals surface area contributed by atoms with Gasteiger partial charge in [0, 0.05) is 0 Å². The second-order valence-corrected chi connectivity index (χ2v) is 6.58. The van der Waals surface area contributed by atoms with Crippen LogP contribution in [0, 0.1) is 0 Å². The Hall–Kier alpha value is 2.19. The molecule has 0 aliphatic carbocycles. The van der Waals surface area contributed by atoms with Gasteiger partial charge < -0.3 is 0 Å². The summed E-state index contributed by atoms with van der Waals surface area (Å²) >= 11 is 6.73. The molecule has 0 rings (SSSR count). The first kappa shape index (κ1) is 18.9. The van der Waals surface area contributed by atoms with Gasteiger partial charge in [0.05, 0.1) is 0 Å². The Morgan fingerprint density at radius 1 is 1.00 bits per heavy atom. The van der Waals surface area contributed by atoms with Crippen molar-refractivity contribution in [2.75, 3.05) is 0 Å². The summed E-state index contributed by atoms with van der Waals surface area (Å²) in [5.41, 5.74) is 0. The standard InChI is InChI=1S/C6H8Br2Te.2BrH/c1-5(7)3-9-4-6(2)8;;/h1-4H2;2*1H/q+1;;. The number of hydrogen-bond acceptors (Lipinski definition) is 0. The molecule has 0 fully saturated rings. The van der Waals surface area contributed by atoms with Gasteiger partial charge in [-0.15, -0.1) is 34.0 Å². The van der Waals surface area contributed by atoms with Crippen LogP contribution < -0.4 is 0 Å². The molecule has 0 nitrogen and oxygen atoms in total. The molecule has 0 saturated heterocycles. The first-order valence-corrected chi connectivity index (χ1v) is 7.25. The predicted octanol–water partition coefficient (Wildman–Crippen LogP) is 4.50. The Morgan fingerprint density at radius 3 is 1.45 bits per heavy atom. The van der Waals surface area contributed by atoms with E-state index in [1.54, 1.807) is 0 Å². The summed E-state index contributed by atoms with van der Waals surface area (Å²) in [6.07, 6.45) is 0. The van der Waals surface area contributed by atoms with Crippen LogP contribution in [0.1, 0.15) is 0 Å². The maximum atomic E-state index is 3.76. The van der Waals surface area contributed by atoms with E-state index >= 15 is 0 Å². The van der Waals surface area contributed by atoms with E-state index in [1.165, 1.54) is 0 Å². The maximum absolute atomic E-state index is 3.76. The van der Waals surface area contributed by atoms with E-state index in [0.29, 0.717) is 0 Å². The molecule has 0 aliphatic heterocycles. The molecule has 0 N–H and O–H groups in total. The van der Waals surface area contributed by atoms with Gasteiger partial charge in [-0.3, -0.25) is 0 Å². The van der Waals surface area contributed by atoms with Crippen LogP contribution in [0.15, 0.2) is 22.1 Å². The van der Waals surface area contributed by atoms with E-state index in [9.17, 15) is 0 Å². The molecule has 0 aromatic carbocycles. The van der Waals surface area contributed by atoms with Crippen LogP contribution in [-0.2, 0) is 0 Å². The van der Waals surface area contributed by atoms with Crippen LogP contribution >= 0.6 is 65.8 Å². The summed E-state index contributed by atoms with van der Waals surface area (Å²) < 4.78 is 4.57. The first-order valence-electron chi connectivity index (χ1n) is 2.37. The van der Waals surface area contributed by atoms with Crippen LogP contribution in [0.3, 0.4) is 0 Å².